The second kappa shape index (κ2) is 11.5. The molecular weight excluding hydrogens is 679 g/mol. The maximum atomic E-state index is 6.62. The summed E-state index contributed by atoms with van der Waals surface area (Å²) in [7, 11) is 0. The van der Waals surface area contributed by atoms with Crippen molar-refractivity contribution < 1.29 is 13.3 Å². The number of rotatable bonds is 4. The van der Waals surface area contributed by atoms with Crippen molar-refractivity contribution >= 4 is 76.6 Å². The second-order valence-electron chi connectivity index (χ2n) is 13.9. The molecule has 4 heterocycles. The third kappa shape index (κ3) is 4.58. The predicted octanol–water partition coefficient (Wildman–Crippen LogP) is 13.4. The van der Waals surface area contributed by atoms with E-state index in [1.165, 1.54) is 0 Å². The van der Waals surface area contributed by atoms with E-state index < -0.39 is 0 Å². The molecule has 0 aliphatic rings. The largest absolute Gasteiger partial charge is 0.456 e. The van der Waals surface area contributed by atoms with Crippen molar-refractivity contribution in [2.24, 2.45) is 0 Å². The first-order valence-corrected chi connectivity index (χ1v) is 18.3. The summed E-state index contributed by atoms with van der Waals surface area (Å²) in [6.45, 7) is 0. The minimum atomic E-state index is 0.520. The van der Waals surface area contributed by atoms with Gasteiger partial charge in [-0.2, -0.15) is 0 Å². The van der Waals surface area contributed by atoms with Crippen molar-refractivity contribution in [3.05, 3.63) is 164 Å². The van der Waals surface area contributed by atoms with Crippen LogP contribution in [0.15, 0.2) is 177 Å². The molecule has 6 nitrogen and oxygen atoms in total. The SMILES string of the molecule is c1ccc2cc(-c3nc(-c4cccc5c4oc4ccccc45)nc(-c4cc(-c5cccc6oc7ccccc7c56)cc5oc6ccccc6c45)n3)ccc2c1. The fourth-order valence-electron chi connectivity index (χ4n) is 8.20. The molecule has 6 heteroatoms. The van der Waals surface area contributed by atoms with E-state index in [-0.39, 0.29) is 0 Å². The zero-order valence-electron chi connectivity index (χ0n) is 29.2. The van der Waals surface area contributed by atoms with E-state index in [9.17, 15) is 0 Å². The van der Waals surface area contributed by atoms with E-state index >= 15 is 0 Å². The Morgan fingerprint density at radius 2 is 0.873 bits per heavy atom. The van der Waals surface area contributed by atoms with Crippen molar-refractivity contribution in [3.63, 3.8) is 0 Å². The molecule has 0 saturated heterocycles. The molecule has 0 radical (unpaired) electrons. The maximum Gasteiger partial charge on any atom is 0.167 e. The quantitative estimate of drug-likeness (QED) is 0.181. The Kier molecular flexibility index (Phi) is 6.24. The lowest BCUT2D eigenvalue weighted by Crippen LogP contribution is -2.01. The van der Waals surface area contributed by atoms with Gasteiger partial charge in [0, 0.05) is 43.4 Å². The molecule has 0 atom stereocenters. The minimum absolute atomic E-state index is 0.520. The lowest BCUT2D eigenvalue weighted by molar-refractivity contribution is 0.668. The van der Waals surface area contributed by atoms with Crippen molar-refractivity contribution in [2.45, 2.75) is 0 Å². The maximum absolute atomic E-state index is 6.62. The Hall–Kier alpha value is -7.57. The number of fused-ring (bicyclic) bond motifs is 10. The summed E-state index contributed by atoms with van der Waals surface area (Å²) in [6, 6.07) is 55.7. The zero-order valence-corrected chi connectivity index (χ0v) is 29.2. The van der Waals surface area contributed by atoms with Gasteiger partial charge < -0.3 is 13.3 Å². The van der Waals surface area contributed by atoms with Crippen LogP contribution >= 0.6 is 0 Å². The van der Waals surface area contributed by atoms with E-state index in [0.29, 0.717) is 17.5 Å². The normalized spacial score (nSPS) is 12.0. The van der Waals surface area contributed by atoms with Gasteiger partial charge in [-0.3, -0.25) is 0 Å². The monoisotopic (exact) mass is 705 g/mol. The molecule has 12 aromatic rings. The molecule has 8 aromatic carbocycles. The lowest BCUT2D eigenvalue weighted by atomic mass is 9.95. The fourth-order valence-corrected chi connectivity index (χ4v) is 8.20. The van der Waals surface area contributed by atoms with E-state index in [1.54, 1.807) is 0 Å². The molecule has 0 spiro atoms. The number of hydrogen-bond donors (Lipinski definition) is 0. The first-order valence-electron chi connectivity index (χ1n) is 18.3. The van der Waals surface area contributed by atoms with Crippen LogP contribution in [0, 0.1) is 0 Å². The predicted molar refractivity (Wildman–Crippen MR) is 221 cm³/mol. The van der Waals surface area contributed by atoms with Gasteiger partial charge in [-0.1, -0.05) is 115 Å². The Morgan fingerprint density at radius 1 is 0.309 bits per heavy atom. The van der Waals surface area contributed by atoms with Gasteiger partial charge in [0.2, 0.25) is 0 Å². The van der Waals surface area contributed by atoms with Crippen molar-refractivity contribution in [1.82, 2.24) is 15.0 Å². The Labute approximate surface area is 312 Å². The highest BCUT2D eigenvalue weighted by molar-refractivity contribution is 6.17. The smallest absolute Gasteiger partial charge is 0.167 e. The highest BCUT2D eigenvalue weighted by Gasteiger charge is 2.23. The highest BCUT2D eigenvalue weighted by atomic mass is 16.3. The summed E-state index contributed by atoms with van der Waals surface area (Å²) < 4.78 is 19.5. The van der Waals surface area contributed by atoms with Crippen LogP contribution in [0.2, 0.25) is 0 Å². The molecule has 0 aliphatic heterocycles. The molecule has 55 heavy (non-hydrogen) atoms. The summed E-state index contributed by atoms with van der Waals surface area (Å²) in [5.41, 5.74) is 9.26. The molecule has 256 valence electrons. The third-order valence-electron chi connectivity index (χ3n) is 10.7. The molecule has 0 fully saturated rings. The van der Waals surface area contributed by atoms with E-state index in [0.717, 1.165) is 104 Å². The molecule has 0 bridgehead atoms. The Balaban J connectivity index is 1.18. The number of benzene rings is 8. The average molecular weight is 706 g/mol. The van der Waals surface area contributed by atoms with Crippen LogP contribution in [-0.2, 0) is 0 Å². The fraction of sp³-hybridized carbons (Fsp3) is 0. The molecule has 0 aliphatic carbocycles. The van der Waals surface area contributed by atoms with Gasteiger partial charge in [0.1, 0.15) is 33.5 Å². The topological polar surface area (TPSA) is 78.1 Å². The molecule has 0 saturated carbocycles. The van der Waals surface area contributed by atoms with Gasteiger partial charge in [0.25, 0.3) is 0 Å². The first-order chi connectivity index (χ1) is 27.2. The van der Waals surface area contributed by atoms with Crippen LogP contribution in [0.3, 0.4) is 0 Å². The van der Waals surface area contributed by atoms with E-state index in [1.807, 2.05) is 78.9 Å². The third-order valence-corrected chi connectivity index (χ3v) is 10.7. The zero-order chi connectivity index (χ0) is 36.0. The van der Waals surface area contributed by atoms with Gasteiger partial charge in [0.15, 0.2) is 17.5 Å². The minimum Gasteiger partial charge on any atom is -0.456 e. The first kappa shape index (κ1) is 29.9. The molecule has 0 amide bonds. The summed E-state index contributed by atoms with van der Waals surface area (Å²) in [6.07, 6.45) is 0. The summed E-state index contributed by atoms with van der Waals surface area (Å²) in [4.78, 5) is 15.8. The van der Waals surface area contributed by atoms with E-state index in [4.69, 9.17) is 28.2 Å². The Bertz CT molecular complexity index is 3520. The second-order valence-corrected chi connectivity index (χ2v) is 13.9. The molecule has 0 unspecified atom stereocenters. The van der Waals surface area contributed by atoms with Crippen LogP contribution in [0.4, 0.5) is 0 Å². The number of hydrogen-bond acceptors (Lipinski definition) is 6. The van der Waals surface area contributed by atoms with Crippen molar-refractivity contribution in [3.8, 4) is 45.3 Å². The number of aromatic nitrogens is 3. The molecular formula is C49H27N3O3. The summed E-state index contributed by atoms with van der Waals surface area (Å²) in [5.74, 6) is 1.61. The highest BCUT2D eigenvalue weighted by Crippen LogP contribution is 2.43. The lowest BCUT2D eigenvalue weighted by Gasteiger charge is -2.12. The van der Waals surface area contributed by atoms with Crippen LogP contribution in [0.5, 0.6) is 0 Å². The molecule has 4 aromatic heterocycles. The average Bonchev–Trinajstić information content (AvgIpc) is 3.94. The van der Waals surface area contributed by atoms with Crippen LogP contribution in [0.25, 0.3) is 122 Å². The number of para-hydroxylation sites is 4. The summed E-state index contributed by atoms with van der Waals surface area (Å²) >= 11 is 0. The molecule has 0 N–H and O–H groups in total. The van der Waals surface area contributed by atoms with Crippen molar-refractivity contribution in [1.29, 1.82) is 0 Å². The molecule has 12 rings (SSSR count). The Morgan fingerprint density at radius 3 is 1.67 bits per heavy atom. The van der Waals surface area contributed by atoms with E-state index in [2.05, 4.69) is 84.9 Å². The van der Waals surface area contributed by atoms with Gasteiger partial charge in [0.05, 0.1) is 5.56 Å². The van der Waals surface area contributed by atoms with Crippen LogP contribution < -0.4 is 0 Å². The van der Waals surface area contributed by atoms with Gasteiger partial charge >= 0.3 is 0 Å². The number of furan rings is 3. The number of nitrogens with zero attached hydrogens (tertiary/aromatic N) is 3. The van der Waals surface area contributed by atoms with Crippen LogP contribution in [-0.4, -0.2) is 15.0 Å². The van der Waals surface area contributed by atoms with Gasteiger partial charge in [-0.15, -0.1) is 0 Å². The standard InChI is InChI=1S/C49H27N3O3/c1-2-12-29-25-30(24-23-28(29)11-1)47-50-48(37-18-9-17-34-33-13-3-6-19-39(33)55-46(34)37)52-49(51-47)38-26-31(27-43-45(38)36-15-5-8-21-41(36)54-43)32-16-10-22-42-44(32)35-14-4-7-20-40(35)53-42/h1-27H. The van der Waals surface area contributed by atoms with Crippen molar-refractivity contribution in [2.75, 3.05) is 0 Å². The van der Waals surface area contributed by atoms with Crippen LogP contribution in [0.1, 0.15) is 0 Å². The van der Waals surface area contributed by atoms with Gasteiger partial charge in [-0.25, -0.2) is 15.0 Å². The summed E-state index contributed by atoms with van der Waals surface area (Å²) in [5, 5.41) is 8.33. The van der Waals surface area contributed by atoms with Gasteiger partial charge in [-0.05, 0) is 70.4 Å².